The molecule has 1 fully saturated rings. The van der Waals surface area contributed by atoms with E-state index in [-0.39, 0.29) is 5.91 Å². The molecule has 0 atom stereocenters. The van der Waals surface area contributed by atoms with Gasteiger partial charge in [-0.05, 0) is 44.1 Å². The van der Waals surface area contributed by atoms with Crippen LogP contribution in [0.4, 0.5) is 0 Å². The predicted molar refractivity (Wildman–Crippen MR) is 76.7 cm³/mol. The number of carbonyl (C=O) groups is 1. The molecule has 104 valence electrons. The van der Waals surface area contributed by atoms with Crippen LogP contribution >= 0.6 is 0 Å². The van der Waals surface area contributed by atoms with Gasteiger partial charge in [-0.3, -0.25) is 4.79 Å². The maximum Gasteiger partial charge on any atom is 0.224 e. The Morgan fingerprint density at radius 2 is 1.95 bits per heavy atom. The minimum atomic E-state index is 0.107. The summed E-state index contributed by atoms with van der Waals surface area (Å²) in [6, 6.07) is 8.21. The second-order valence-corrected chi connectivity index (χ2v) is 5.29. The molecular weight excluding hydrogens is 238 g/mol. The molecule has 0 aromatic heterocycles. The summed E-state index contributed by atoms with van der Waals surface area (Å²) in [5.74, 6) is 0.107. The summed E-state index contributed by atoms with van der Waals surface area (Å²) in [6.45, 7) is 2.60. The molecule has 0 spiro atoms. The zero-order valence-corrected chi connectivity index (χ0v) is 11.6. The lowest BCUT2D eigenvalue weighted by molar-refractivity contribution is -0.121. The van der Waals surface area contributed by atoms with E-state index in [0.29, 0.717) is 19.0 Å². The number of likely N-dealkylation sites (tertiary alicyclic amines) is 1. The molecule has 1 heterocycles. The summed E-state index contributed by atoms with van der Waals surface area (Å²) < 4.78 is 0. The van der Waals surface area contributed by atoms with Crippen molar-refractivity contribution in [2.75, 3.05) is 20.1 Å². The van der Waals surface area contributed by atoms with Gasteiger partial charge in [-0.25, -0.2) is 0 Å². The van der Waals surface area contributed by atoms with E-state index in [1.54, 1.807) is 0 Å². The van der Waals surface area contributed by atoms with Gasteiger partial charge in [0.15, 0.2) is 0 Å². The topological polar surface area (TPSA) is 58.4 Å². The molecule has 4 nitrogen and oxygen atoms in total. The highest BCUT2D eigenvalue weighted by molar-refractivity contribution is 5.79. The summed E-state index contributed by atoms with van der Waals surface area (Å²) in [5.41, 5.74) is 7.78. The molecule has 0 saturated carbocycles. The molecule has 1 amide bonds. The first-order valence-electron chi connectivity index (χ1n) is 6.94. The first-order valence-corrected chi connectivity index (χ1v) is 6.94. The van der Waals surface area contributed by atoms with Gasteiger partial charge in [0.05, 0.1) is 6.42 Å². The van der Waals surface area contributed by atoms with Crippen molar-refractivity contribution in [3.63, 3.8) is 0 Å². The molecule has 19 heavy (non-hydrogen) atoms. The lowest BCUT2D eigenvalue weighted by atomic mass is 10.0. The number of hydrogen-bond donors (Lipinski definition) is 2. The third-order valence-corrected chi connectivity index (χ3v) is 3.77. The van der Waals surface area contributed by atoms with Crippen molar-refractivity contribution in [2.24, 2.45) is 5.73 Å². The highest BCUT2D eigenvalue weighted by Gasteiger charge is 2.18. The maximum absolute atomic E-state index is 12.1. The molecule has 0 unspecified atom stereocenters. The zero-order valence-electron chi connectivity index (χ0n) is 11.6. The van der Waals surface area contributed by atoms with Crippen LogP contribution in [-0.2, 0) is 17.8 Å². The van der Waals surface area contributed by atoms with Crippen molar-refractivity contribution >= 4 is 5.91 Å². The van der Waals surface area contributed by atoms with E-state index in [0.717, 1.165) is 37.1 Å². The Labute approximate surface area is 115 Å². The fourth-order valence-corrected chi connectivity index (χ4v) is 2.53. The van der Waals surface area contributed by atoms with Gasteiger partial charge in [0, 0.05) is 12.6 Å². The molecule has 1 aliphatic rings. The van der Waals surface area contributed by atoms with Crippen molar-refractivity contribution < 1.29 is 4.79 Å². The molecule has 1 saturated heterocycles. The average molecular weight is 261 g/mol. The first kappa shape index (κ1) is 14.0. The molecule has 0 aliphatic carbocycles. The monoisotopic (exact) mass is 261 g/mol. The maximum atomic E-state index is 12.1. The van der Waals surface area contributed by atoms with Crippen LogP contribution in [0.25, 0.3) is 0 Å². The van der Waals surface area contributed by atoms with E-state index < -0.39 is 0 Å². The predicted octanol–water partition coefficient (Wildman–Crippen LogP) is 0.898. The van der Waals surface area contributed by atoms with Gasteiger partial charge in [-0.1, -0.05) is 24.3 Å². The SMILES string of the molecule is CN1CCC(NC(=O)Cc2ccccc2CN)CC1. The van der Waals surface area contributed by atoms with Crippen molar-refractivity contribution in [2.45, 2.75) is 31.8 Å². The summed E-state index contributed by atoms with van der Waals surface area (Å²) in [7, 11) is 2.12. The second-order valence-electron chi connectivity index (χ2n) is 5.29. The van der Waals surface area contributed by atoms with Crippen molar-refractivity contribution in [3.05, 3.63) is 35.4 Å². The molecule has 0 radical (unpaired) electrons. The molecule has 0 bridgehead atoms. The Morgan fingerprint density at radius 1 is 1.32 bits per heavy atom. The fourth-order valence-electron chi connectivity index (χ4n) is 2.53. The van der Waals surface area contributed by atoms with Crippen molar-refractivity contribution in [1.82, 2.24) is 10.2 Å². The van der Waals surface area contributed by atoms with Crippen LogP contribution in [0.15, 0.2) is 24.3 Å². The van der Waals surface area contributed by atoms with E-state index in [9.17, 15) is 4.79 Å². The number of hydrogen-bond acceptors (Lipinski definition) is 3. The lowest BCUT2D eigenvalue weighted by Crippen LogP contribution is -2.43. The Morgan fingerprint density at radius 3 is 2.58 bits per heavy atom. The van der Waals surface area contributed by atoms with Crippen LogP contribution in [0.3, 0.4) is 0 Å². The number of rotatable bonds is 4. The van der Waals surface area contributed by atoms with Crippen LogP contribution in [0.5, 0.6) is 0 Å². The standard InChI is InChI=1S/C15H23N3O/c1-18-8-6-14(7-9-18)17-15(19)10-12-4-2-3-5-13(12)11-16/h2-5,14H,6-11,16H2,1H3,(H,17,19). The molecule has 3 N–H and O–H groups in total. The highest BCUT2D eigenvalue weighted by atomic mass is 16.1. The zero-order chi connectivity index (χ0) is 13.7. The van der Waals surface area contributed by atoms with E-state index in [2.05, 4.69) is 17.3 Å². The molecule has 1 aromatic carbocycles. The molecule has 2 rings (SSSR count). The van der Waals surface area contributed by atoms with Crippen LogP contribution in [0.1, 0.15) is 24.0 Å². The van der Waals surface area contributed by atoms with Gasteiger partial charge in [-0.2, -0.15) is 0 Å². The quantitative estimate of drug-likeness (QED) is 0.846. The Balaban J connectivity index is 1.87. The lowest BCUT2D eigenvalue weighted by Gasteiger charge is -2.29. The molecule has 1 aliphatic heterocycles. The number of carbonyl (C=O) groups excluding carboxylic acids is 1. The Bertz CT molecular complexity index is 425. The summed E-state index contributed by atoms with van der Waals surface area (Å²) in [4.78, 5) is 14.4. The van der Waals surface area contributed by atoms with Crippen LogP contribution < -0.4 is 11.1 Å². The van der Waals surface area contributed by atoms with Gasteiger partial charge < -0.3 is 16.0 Å². The summed E-state index contributed by atoms with van der Waals surface area (Å²) >= 11 is 0. The Kier molecular flexibility index (Phi) is 4.93. The number of nitrogens with zero attached hydrogens (tertiary/aromatic N) is 1. The smallest absolute Gasteiger partial charge is 0.224 e. The number of benzene rings is 1. The number of nitrogens with two attached hydrogens (primary N) is 1. The molecular formula is C15H23N3O. The van der Waals surface area contributed by atoms with Gasteiger partial charge in [0.1, 0.15) is 0 Å². The number of piperidine rings is 1. The van der Waals surface area contributed by atoms with E-state index in [4.69, 9.17) is 5.73 Å². The van der Waals surface area contributed by atoms with Crippen molar-refractivity contribution in [1.29, 1.82) is 0 Å². The summed E-state index contributed by atoms with van der Waals surface area (Å²) in [6.07, 6.45) is 2.52. The minimum absolute atomic E-state index is 0.107. The molecule has 1 aromatic rings. The van der Waals surface area contributed by atoms with E-state index in [1.165, 1.54) is 0 Å². The number of nitrogens with one attached hydrogen (secondary N) is 1. The third-order valence-electron chi connectivity index (χ3n) is 3.77. The van der Waals surface area contributed by atoms with Gasteiger partial charge in [0.2, 0.25) is 5.91 Å². The largest absolute Gasteiger partial charge is 0.353 e. The van der Waals surface area contributed by atoms with Crippen LogP contribution in [0, 0.1) is 0 Å². The fraction of sp³-hybridized carbons (Fsp3) is 0.533. The van der Waals surface area contributed by atoms with Gasteiger partial charge in [-0.15, -0.1) is 0 Å². The number of amides is 1. The van der Waals surface area contributed by atoms with Crippen LogP contribution in [0.2, 0.25) is 0 Å². The van der Waals surface area contributed by atoms with Gasteiger partial charge >= 0.3 is 0 Å². The van der Waals surface area contributed by atoms with Crippen LogP contribution in [-0.4, -0.2) is 37.0 Å². The molecule has 4 heteroatoms. The Hall–Kier alpha value is -1.39. The van der Waals surface area contributed by atoms with E-state index >= 15 is 0 Å². The summed E-state index contributed by atoms with van der Waals surface area (Å²) in [5, 5.41) is 3.13. The van der Waals surface area contributed by atoms with Crippen molar-refractivity contribution in [3.8, 4) is 0 Å². The second kappa shape index (κ2) is 6.68. The normalized spacial score (nSPS) is 17.4. The van der Waals surface area contributed by atoms with Gasteiger partial charge in [0.25, 0.3) is 0 Å². The average Bonchev–Trinajstić information content (AvgIpc) is 2.42. The minimum Gasteiger partial charge on any atom is -0.353 e. The third kappa shape index (κ3) is 4.04. The van der Waals surface area contributed by atoms with E-state index in [1.807, 2.05) is 24.3 Å². The first-order chi connectivity index (χ1) is 9.19. The highest BCUT2D eigenvalue weighted by Crippen LogP contribution is 2.11.